The van der Waals surface area contributed by atoms with Crippen molar-refractivity contribution < 1.29 is 28.6 Å². The largest absolute Gasteiger partial charge is 0.462 e. The first-order valence-corrected chi connectivity index (χ1v) is 28.4. The van der Waals surface area contributed by atoms with Crippen molar-refractivity contribution in [3.8, 4) is 0 Å². The van der Waals surface area contributed by atoms with Crippen LogP contribution in [0.5, 0.6) is 0 Å². The van der Waals surface area contributed by atoms with E-state index in [1.165, 1.54) is 89.9 Å². The molecule has 0 saturated heterocycles. The molecule has 0 fully saturated rings. The summed E-state index contributed by atoms with van der Waals surface area (Å²) in [6, 6.07) is 0. The van der Waals surface area contributed by atoms with Crippen molar-refractivity contribution in [1.29, 1.82) is 0 Å². The monoisotopic (exact) mass is 957 g/mol. The van der Waals surface area contributed by atoms with Crippen molar-refractivity contribution >= 4 is 17.9 Å². The maximum Gasteiger partial charge on any atom is 0.306 e. The molecular formula is C63H104O6. The van der Waals surface area contributed by atoms with Crippen molar-refractivity contribution in [1.82, 2.24) is 0 Å². The van der Waals surface area contributed by atoms with Crippen LogP contribution in [0.2, 0.25) is 0 Å². The lowest BCUT2D eigenvalue weighted by Gasteiger charge is -2.18. The van der Waals surface area contributed by atoms with Crippen molar-refractivity contribution in [2.24, 2.45) is 0 Å². The molecule has 0 amide bonds. The van der Waals surface area contributed by atoms with Gasteiger partial charge >= 0.3 is 17.9 Å². The van der Waals surface area contributed by atoms with Gasteiger partial charge in [0.15, 0.2) is 6.10 Å². The first-order valence-electron chi connectivity index (χ1n) is 28.4. The highest BCUT2D eigenvalue weighted by Gasteiger charge is 2.19. The summed E-state index contributed by atoms with van der Waals surface area (Å²) in [6.45, 7) is 6.34. The molecule has 0 rings (SSSR count). The maximum absolute atomic E-state index is 12.8. The van der Waals surface area contributed by atoms with E-state index < -0.39 is 6.10 Å². The van der Waals surface area contributed by atoms with Crippen molar-refractivity contribution in [3.63, 3.8) is 0 Å². The van der Waals surface area contributed by atoms with E-state index in [9.17, 15) is 14.4 Å². The molecule has 0 aliphatic rings. The molecule has 1 atom stereocenters. The normalized spacial score (nSPS) is 12.9. The summed E-state index contributed by atoms with van der Waals surface area (Å²) in [5.41, 5.74) is 0. The van der Waals surface area contributed by atoms with Crippen LogP contribution in [-0.4, -0.2) is 37.2 Å². The minimum absolute atomic E-state index is 0.0922. The van der Waals surface area contributed by atoms with Gasteiger partial charge in [0.2, 0.25) is 0 Å². The molecule has 0 aliphatic heterocycles. The third-order valence-corrected chi connectivity index (χ3v) is 11.8. The molecule has 0 bridgehead atoms. The van der Waals surface area contributed by atoms with Crippen LogP contribution in [0.4, 0.5) is 0 Å². The predicted octanol–water partition coefficient (Wildman–Crippen LogP) is 19.1. The lowest BCUT2D eigenvalue weighted by atomic mass is 10.0. The van der Waals surface area contributed by atoms with E-state index in [-0.39, 0.29) is 37.5 Å². The van der Waals surface area contributed by atoms with E-state index in [4.69, 9.17) is 14.2 Å². The average molecular weight is 958 g/mol. The second-order valence-corrected chi connectivity index (χ2v) is 18.4. The van der Waals surface area contributed by atoms with E-state index in [0.29, 0.717) is 12.8 Å². The Balaban J connectivity index is 4.24. The number of carbonyl (C=O) groups excluding carboxylic acids is 3. The minimum Gasteiger partial charge on any atom is -0.462 e. The van der Waals surface area contributed by atoms with Gasteiger partial charge in [-0.2, -0.15) is 0 Å². The summed E-state index contributed by atoms with van der Waals surface area (Å²) in [7, 11) is 0. The van der Waals surface area contributed by atoms with Gasteiger partial charge in [0.05, 0.1) is 0 Å². The fourth-order valence-corrected chi connectivity index (χ4v) is 7.58. The van der Waals surface area contributed by atoms with Crippen LogP contribution < -0.4 is 0 Å². The zero-order chi connectivity index (χ0) is 50.0. The summed E-state index contributed by atoms with van der Waals surface area (Å²) >= 11 is 0. The van der Waals surface area contributed by atoms with E-state index in [1.54, 1.807) is 0 Å². The highest BCUT2D eigenvalue weighted by molar-refractivity contribution is 5.71. The Hall–Kier alpha value is -3.93. The Bertz CT molecular complexity index is 1420. The molecular weight excluding hydrogens is 853 g/mol. The summed E-state index contributed by atoms with van der Waals surface area (Å²) < 4.78 is 16.8. The second-order valence-electron chi connectivity index (χ2n) is 18.4. The molecule has 0 aromatic carbocycles. The molecule has 6 nitrogen and oxygen atoms in total. The van der Waals surface area contributed by atoms with Crippen molar-refractivity contribution in [3.05, 3.63) is 109 Å². The highest BCUT2D eigenvalue weighted by Crippen LogP contribution is 2.15. The zero-order valence-electron chi connectivity index (χ0n) is 44.8. The van der Waals surface area contributed by atoms with Gasteiger partial charge in [-0.25, -0.2) is 0 Å². The van der Waals surface area contributed by atoms with E-state index >= 15 is 0 Å². The zero-order valence-corrected chi connectivity index (χ0v) is 44.8. The molecule has 6 heteroatoms. The average Bonchev–Trinajstić information content (AvgIpc) is 3.35. The topological polar surface area (TPSA) is 78.9 Å². The maximum atomic E-state index is 12.8. The third-order valence-electron chi connectivity index (χ3n) is 11.8. The number of hydrogen-bond acceptors (Lipinski definition) is 6. The van der Waals surface area contributed by atoms with Gasteiger partial charge in [-0.3, -0.25) is 14.4 Å². The van der Waals surface area contributed by atoms with Gasteiger partial charge in [0, 0.05) is 19.3 Å². The standard InChI is InChI=1S/C63H104O6/c1-4-7-10-13-16-18-20-22-24-26-28-29-30-31-32-33-35-36-38-40-42-44-47-50-53-56-62(65)68-59-60(58-67-61(64)55-52-49-46-15-12-9-6-3)69-63(66)57-54-51-48-45-43-41-39-37-34-27-25-23-21-19-17-14-11-8-5-2/h7-8,10-11,16-19,22-25,28-29,34,37,41,43,60H,4-6,9,12-15,20-21,26-27,30-33,35-36,38-40,42,44-59H2,1-3H3/b10-7-,11-8-,18-16-,19-17-,24-22-,25-23-,29-28-,37-34-,43-41-. The molecule has 1 unspecified atom stereocenters. The van der Waals surface area contributed by atoms with Crippen LogP contribution in [-0.2, 0) is 28.6 Å². The van der Waals surface area contributed by atoms with Gasteiger partial charge in [0.25, 0.3) is 0 Å². The molecule has 0 aromatic heterocycles. The number of carbonyl (C=O) groups is 3. The Labute approximate surface area is 425 Å². The van der Waals surface area contributed by atoms with Gasteiger partial charge in [-0.15, -0.1) is 0 Å². The number of esters is 3. The molecule has 0 saturated carbocycles. The van der Waals surface area contributed by atoms with Gasteiger partial charge in [0.1, 0.15) is 13.2 Å². The van der Waals surface area contributed by atoms with E-state index in [0.717, 1.165) is 122 Å². The molecule has 392 valence electrons. The number of allylic oxidation sites excluding steroid dienone is 18. The number of hydrogen-bond donors (Lipinski definition) is 0. The highest BCUT2D eigenvalue weighted by atomic mass is 16.6. The van der Waals surface area contributed by atoms with Crippen LogP contribution >= 0.6 is 0 Å². The van der Waals surface area contributed by atoms with Crippen LogP contribution in [0.3, 0.4) is 0 Å². The minimum atomic E-state index is -0.795. The van der Waals surface area contributed by atoms with Crippen molar-refractivity contribution in [2.75, 3.05) is 13.2 Å². The Morgan fingerprint density at radius 3 is 0.899 bits per heavy atom. The summed E-state index contributed by atoms with van der Waals surface area (Å²) in [4.78, 5) is 37.9. The number of rotatable bonds is 50. The lowest BCUT2D eigenvalue weighted by molar-refractivity contribution is -0.167. The van der Waals surface area contributed by atoms with Crippen molar-refractivity contribution in [2.45, 2.75) is 258 Å². The fourth-order valence-electron chi connectivity index (χ4n) is 7.58. The first-order chi connectivity index (χ1) is 34.0. The van der Waals surface area contributed by atoms with E-state index in [1.807, 2.05) is 0 Å². The third kappa shape index (κ3) is 54.9. The molecule has 69 heavy (non-hydrogen) atoms. The van der Waals surface area contributed by atoms with Gasteiger partial charge in [-0.05, 0) is 103 Å². The Morgan fingerprint density at radius 2 is 0.565 bits per heavy atom. The quantitative estimate of drug-likeness (QED) is 0.0262. The van der Waals surface area contributed by atoms with Crippen LogP contribution in [0.15, 0.2) is 109 Å². The fraction of sp³-hybridized carbons (Fsp3) is 0.667. The first kappa shape index (κ1) is 65.1. The Morgan fingerprint density at radius 1 is 0.304 bits per heavy atom. The summed E-state index contributed by atoms with van der Waals surface area (Å²) in [5.74, 6) is -0.934. The second kappa shape index (κ2) is 56.7. The molecule has 0 spiro atoms. The molecule has 0 radical (unpaired) electrons. The Kier molecular flexibility index (Phi) is 53.4. The van der Waals surface area contributed by atoms with Gasteiger partial charge in [-0.1, -0.05) is 239 Å². The predicted molar refractivity (Wildman–Crippen MR) is 297 cm³/mol. The molecule has 0 N–H and O–H groups in total. The lowest BCUT2D eigenvalue weighted by Crippen LogP contribution is -2.30. The summed E-state index contributed by atoms with van der Waals surface area (Å²) in [5, 5.41) is 0. The van der Waals surface area contributed by atoms with E-state index in [2.05, 4.69) is 130 Å². The number of ether oxygens (including phenoxy) is 3. The van der Waals surface area contributed by atoms with Crippen LogP contribution in [0.25, 0.3) is 0 Å². The molecule has 0 heterocycles. The van der Waals surface area contributed by atoms with Crippen LogP contribution in [0, 0.1) is 0 Å². The SMILES string of the molecule is CC/C=C\C/C=C\C/C=C\C/C=C\C/C=C\CCCCCC(=O)OC(COC(=O)CCCCCCCCC)COC(=O)CCCCCCCCCCCCCC/C=C\C/C=C\C/C=C\C/C=C\CC. The van der Waals surface area contributed by atoms with Crippen LogP contribution in [0.1, 0.15) is 252 Å². The summed E-state index contributed by atoms with van der Waals surface area (Å²) in [6.07, 6.45) is 76.7. The molecule has 0 aromatic rings. The van der Waals surface area contributed by atoms with Gasteiger partial charge < -0.3 is 14.2 Å². The smallest absolute Gasteiger partial charge is 0.306 e. The number of unbranched alkanes of at least 4 members (excludes halogenated alkanes) is 21. The molecule has 0 aliphatic carbocycles.